The van der Waals surface area contributed by atoms with Gasteiger partial charge < -0.3 is 19.5 Å². The van der Waals surface area contributed by atoms with E-state index in [1.807, 2.05) is 73.3 Å². The van der Waals surface area contributed by atoms with E-state index < -0.39 is 5.60 Å². The fraction of sp³-hybridized carbons (Fsp3) is 0.480. The van der Waals surface area contributed by atoms with Gasteiger partial charge >= 0.3 is 6.09 Å². The van der Waals surface area contributed by atoms with E-state index in [4.69, 9.17) is 9.47 Å². The van der Waals surface area contributed by atoms with E-state index in [1.165, 1.54) is 0 Å². The van der Waals surface area contributed by atoms with Crippen LogP contribution in [0, 0.1) is 0 Å². The summed E-state index contributed by atoms with van der Waals surface area (Å²) in [6.07, 6.45) is 3.79. The predicted molar refractivity (Wildman–Crippen MR) is 115 cm³/mol. The maximum Gasteiger partial charge on any atom is 0.410 e. The molecule has 2 aliphatic heterocycles. The molecule has 5 nitrogen and oxygen atoms in total. The summed E-state index contributed by atoms with van der Waals surface area (Å²) in [5.74, 6) is 0.805. The maximum atomic E-state index is 12.9. The Kier molecular flexibility index (Phi) is 6.00. The highest BCUT2D eigenvalue weighted by atomic mass is 16.6. The van der Waals surface area contributed by atoms with E-state index >= 15 is 0 Å². The minimum absolute atomic E-state index is 0.00244. The average molecular weight is 410 g/mol. The average Bonchev–Trinajstić information content (AvgIpc) is 2.72. The highest BCUT2D eigenvalue weighted by molar-refractivity contribution is 5.69. The highest BCUT2D eigenvalue weighted by Crippen LogP contribution is 2.44. The molecule has 0 radical (unpaired) electrons. The topological polar surface area (TPSA) is 59.0 Å². The zero-order valence-electron chi connectivity index (χ0n) is 17.8. The highest BCUT2D eigenvalue weighted by Gasteiger charge is 2.48. The third-order valence-corrected chi connectivity index (χ3v) is 6.19. The van der Waals surface area contributed by atoms with Crippen molar-refractivity contribution in [2.75, 3.05) is 0 Å². The first-order chi connectivity index (χ1) is 14.4. The molecule has 1 N–H and O–H groups in total. The minimum atomic E-state index is -0.928. The van der Waals surface area contributed by atoms with Gasteiger partial charge in [0.05, 0.1) is 11.7 Å². The quantitative estimate of drug-likeness (QED) is 0.754. The number of ether oxygens (including phenoxy) is 2. The Balaban J connectivity index is 1.45. The molecule has 2 unspecified atom stereocenters. The molecule has 2 heterocycles. The number of fused-ring (bicyclic) bond motifs is 2. The van der Waals surface area contributed by atoms with E-state index in [1.54, 1.807) is 0 Å². The van der Waals surface area contributed by atoms with Crippen molar-refractivity contribution in [2.45, 2.75) is 76.3 Å². The van der Waals surface area contributed by atoms with E-state index in [9.17, 15) is 9.90 Å². The van der Waals surface area contributed by atoms with Crippen LogP contribution in [-0.4, -0.2) is 34.3 Å². The van der Waals surface area contributed by atoms with E-state index in [-0.39, 0.29) is 30.9 Å². The van der Waals surface area contributed by atoms with Crippen LogP contribution in [0.15, 0.2) is 54.6 Å². The van der Waals surface area contributed by atoms with Crippen molar-refractivity contribution in [3.8, 4) is 5.75 Å². The molecule has 1 amide bonds. The number of nitrogens with zero attached hydrogens (tertiary/aromatic N) is 1. The van der Waals surface area contributed by atoms with Gasteiger partial charge in [-0.3, -0.25) is 0 Å². The van der Waals surface area contributed by atoms with Gasteiger partial charge in [0, 0.05) is 24.9 Å². The van der Waals surface area contributed by atoms with Crippen LogP contribution in [0.4, 0.5) is 4.79 Å². The summed E-state index contributed by atoms with van der Waals surface area (Å²) >= 11 is 0. The monoisotopic (exact) mass is 409 g/mol. The summed E-state index contributed by atoms with van der Waals surface area (Å²) in [4.78, 5) is 14.8. The Morgan fingerprint density at radius 2 is 1.70 bits per heavy atom. The van der Waals surface area contributed by atoms with Gasteiger partial charge in [0.15, 0.2) is 0 Å². The van der Waals surface area contributed by atoms with Crippen molar-refractivity contribution in [2.24, 2.45) is 0 Å². The van der Waals surface area contributed by atoms with Gasteiger partial charge in [0.1, 0.15) is 12.4 Å². The number of rotatable bonds is 5. The van der Waals surface area contributed by atoms with Crippen molar-refractivity contribution in [3.63, 3.8) is 0 Å². The summed E-state index contributed by atoms with van der Waals surface area (Å²) in [7, 11) is 0. The lowest BCUT2D eigenvalue weighted by Crippen LogP contribution is -2.58. The van der Waals surface area contributed by atoms with Crippen LogP contribution in [0.2, 0.25) is 0 Å². The predicted octanol–water partition coefficient (Wildman–Crippen LogP) is 5.02. The number of hydrogen-bond acceptors (Lipinski definition) is 4. The van der Waals surface area contributed by atoms with Crippen molar-refractivity contribution >= 4 is 6.09 Å². The number of aliphatic hydroxyl groups is 1. The second-order valence-corrected chi connectivity index (χ2v) is 8.82. The fourth-order valence-electron chi connectivity index (χ4n) is 4.87. The first-order valence-electron chi connectivity index (χ1n) is 10.9. The molecule has 2 aromatic carbocycles. The van der Waals surface area contributed by atoms with Gasteiger partial charge in [-0.1, -0.05) is 42.5 Å². The number of piperidine rings is 2. The van der Waals surface area contributed by atoms with E-state index in [2.05, 4.69) is 0 Å². The second-order valence-electron chi connectivity index (χ2n) is 8.82. The third-order valence-electron chi connectivity index (χ3n) is 6.19. The van der Waals surface area contributed by atoms with Gasteiger partial charge in [-0.05, 0) is 56.4 Å². The molecule has 4 rings (SSSR count). The van der Waals surface area contributed by atoms with Crippen LogP contribution in [0.3, 0.4) is 0 Å². The molecule has 2 fully saturated rings. The number of amides is 1. The third kappa shape index (κ3) is 4.46. The fourth-order valence-corrected chi connectivity index (χ4v) is 4.87. The van der Waals surface area contributed by atoms with Crippen LogP contribution in [0.25, 0.3) is 0 Å². The van der Waals surface area contributed by atoms with Crippen molar-refractivity contribution in [1.29, 1.82) is 0 Å². The Morgan fingerprint density at radius 3 is 2.30 bits per heavy atom. The lowest BCUT2D eigenvalue weighted by Gasteiger charge is -2.51. The number of carbonyl (C=O) groups is 1. The van der Waals surface area contributed by atoms with Crippen molar-refractivity contribution in [3.05, 3.63) is 65.7 Å². The van der Waals surface area contributed by atoms with Crippen molar-refractivity contribution < 1.29 is 19.4 Å². The van der Waals surface area contributed by atoms with E-state index in [0.29, 0.717) is 12.8 Å². The Hall–Kier alpha value is -2.53. The Morgan fingerprint density at radius 1 is 1.07 bits per heavy atom. The molecule has 30 heavy (non-hydrogen) atoms. The molecule has 2 aliphatic rings. The summed E-state index contributed by atoms with van der Waals surface area (Å²) in [5.41, 5.74) is 0.948. The van der Waals surface area contributed by atoms with Gasteiger partial charge in [0.25, 0.3) is 0 Å². The molecular weight excluding hydrogens is 378 g/mol. The molecule has 0 spiro atoms. The van der Waals surface area contributed by atoms with Crippen LogP contribution in [0.1, 0.15) is 57.1 Å². The summed E-state index contributed by atoms with van der Waals surface area (Å²) < 4.78 is 11.3. The van der Waals surface area contributed by atoms with Crippen LogP contribution >= 0.6 is 0 Å². The normalized spacial score (nSPS) is 25.8. The molecule has 2 atom stereocenters. The number of benzene rings is 2. The molecule has 0 aromatic heterocycles. The summed E-state index contributed by atoms with van der Waals surface area (Å²) in [6.45, 7) is 4.27. The Labute approximate surface area is 178 Å². The van der Waals surface area contributed by atoms with Gasteiger partial charge in [0.2, 0.25) is 0 Å². The lowest BCUT2D eigenvalue weighted by atomic mass is 9.72. The molecular formula is C25H31NO4. The molecule has 2 saturated heterocycles. The molecule has 0 aliphatic carbocycles. The number of hydrogen-bond donors (Lipinski definition) is 1. The SMILES string of the molecule is CC(C)Oc1ccc(C2(O)CC3CCCC(C2)N3C(=O)OCc2ccccc2)cc1. The number of carbonyl (C=O) groups excluding carboxylic acids is 1. The van der Waals surface area contributed by atoms with Gasteiger partial charge in [-0.25, -0.2) is 4.79 Å². The first-order valence-corrected chi connectivity index (χ1v) is 10.9. The molecule has 2 bridgehead atoms. The standard InChI is InChI=1S/C25H31NO4/c1-18(2)30-23-13-11-20(12-14-23)25(28)15-21-9-6-10-22(16-25)26(21)24(27)29-17-19-7-4-3-5-8-19/h3-5,7-8,11-14,18,21-22,28H,6,9-10,15-17H2,1-2H3. The van der Waals surface area contributed by atoms with Crippen LogP contribution in [-0.2, 0) is 16.9 Å². The molecule has 0 saturated carbocycles. The van der Waals surface area contributed by atoms with Gasteiger partial charge in [-0.2, -0.15) is 0 Å². The lowest BCUT2D eigenvalue weighted by molar-refractivity contribution is -0.0896. The molecule has 2 aromatic rings. The smallest absolute Gasteiger partial charge is 0.410 e. The molecule has 5 heteroatoms. The zero-order valence-corrected chi connectivity index (χ0v) is 17.8. The Bertz CT molecular complexity index is 835. The van der Waals surface area contributed by atoms with Crippen LogP contribution in [0.5, 0.6) is 5.75 Å². The largest absolute Gasteiger partial charge is 0.491 e. The van der Waals surface area contributed by atoms with Crippen molar-refractivity contribution in [1.82, 2.24) is 4.90 Å². The zero-order chi connectivity index (χ0) is 21.1. The summed E-state index contributed by atoms with van der Waals surface area (Å²) in [5, 5.41) is 11.5. The second kappa shape index (κ2) is 8.68. The first kappa shape index (κ1) is 20.7. The van der Waals surface area contributed by atoms with E-state index in [0.717, 1.165) is 36.1 Å². The summed E-state index contributed by atoms with van der Waals surface area (Å²) in [6, 6.07) is 17.5. The maximum absolute atomic E-state index is 12.9. The molecule has 160 valence electrons. The minimum Gasteiger partial charge on any atom is -0.491 e. The van der Waals surface area contributed by atoms with Crippen LogP contribution < -0.4 is 4.74 Å². The van der Waals surface area contributed by atoms with Gasteiger partial charge in [-0.15, -0.1) is 0 Å².